The molecule has 2 unspecified atom stereocenters. The lowest BCUT2D eigenvalue weighted by molar-refractivity contribution is 0.0488. The number of likely N-dealkylation sites (tertiary alicyclic amines) is 1. The van der Waals surface area contributed by atoms with E-state index in [1.165, 1.54) is 19.3 Å². The summed E-state index contributed by atoms with van der Waals surface area (Å²) in [6.45, 7) is 11.1. The molecule has 0 amide bonds. The van der Waals surface area contributed by atoms with Crippen molar-refractivity contribution in [3.63, 3.8) is 0 Å². The molecule has 0 radical (unpaired) electrons. The molecule has 3 fully saturated rings. The zero-order valence-electron chi connectivity index (χ0n) is 16.0. The number of hydrogen-bond donors (Lipinski definition) is 1. The van der Waals surface area contributed by atoms with Gasteiger partial charge in [-0.3, -0.25) is 0 Å². The molecule has 3 rings (SSSR count). The van der Waals surface area contributed by atoms with Crippen molar-refractivity contribution in [2.24, 2.45) is 22.7 Å². The van der Waals surface area contributed by atoms with E-state index in [4.69, 9.17) is 9.73 Å². The molecule has 7 heteroatoms. The summed E-state index contributed by atoms with van der Waals surface area (Å²) in [5, 5.41) is 3.47. The van der Waals surface area contributed by atoms with E-state index in [2.05, 4.69) is 16.8 Å². The summed E-state index contributed by atoms with van der Waals surface area (Å²) in [4.78, 5) is 7.09. The zero-order chi connectivity index (χ0) is 18.6. The molecule has 0 aromatic carbocycles. The topological polar surface area (TPSA) is 71.0 Å². The minimum Gasteiger partial charge on any atom is -0.381 e. The van der Waals surface area contributed by atoms with Gasteiger partial charge in [-0.25, -0.2) is 13.4 Å². The molecule has 3 heterocycles. The highest BCUT2D eigenvalue weighted by Crippen LogP contribution is 2.31. The maximum Gasteiger partial charge on any atom is 0.194 e. The Morgan fingerprint density at radius 2 is 2.00 bits per heavy atom. The zero-order valence-corrected chi connectivity index (χ0v) is 16.8. The third-order valence-electron chi connectivity index (χ3n) is 5.83. The predicted molar refractivity (Wildman–Crippen MR) is 105 cm³/mol. The number of sulfone groups is 1. The summed E-state index contributed by atoms with van der Waals surface area (Å²) in [7, 11) is -2.83. The van der Waals surface area contributed by atoms with Crippen molar-refractivity contribution in [3.05, 3.63) is 12.2 Å². The molecule has 0 aliphatic carbocycles. The van der Waals surface area contributed by atoms with Gasteiger partial charge < -0.3 is 15.0 Å². The third kappa shape index (κ3) is 5.46. The molecule has 0 saturated carbocycles. The first-order valence-electron chi connectivity index (χ1n) is 9.89. The number of rotatable bonds is 5. The van der Waals surface area contributed by atoms with Gasteiger partial charge in [-0.1, -0.05) is 12.2 Å². The number of nitrogens with zero attached hydrogens (tertiary/aromatic N) is 2. The molecular weight excluding hydrogens is 350 g/mol. The number of aliphatic imine (C=N–C) groups is 1. The van der Waals surface area contributed by atoms with Crippen molar-refractivity contribution in [3.8, 4) is 0 Å². The van der Waals surface area contributed by atoms with E-state index in [9.17, 15) is 8.42 Å². The van der Waals surface area contributed by atoms with Crippen LogP contribution < -0.4 is 5.32 Å². The molecule has 3 aliphatic heterocycles. The van der Waals surface area contributed by atoms with Crippen molar-refractivity contribution in [1.29, 1.82) is 0 Å². The fourth-order valence-corrected chi connectivity index (χ4v) is 6.16. The summed E-state index contributed by atoms with van der Waals surface area (Å²) in [5.41, 5.74) is 1.04. The van der Waals surface area contributed by atoms with Gasteiger partial charge in [0.2, 0.25) is 0 Å². The smallest absolute Gasteiger partial charge is 0.194 e. The molecule has 0 aromatic heterocycles. The molecule has 26 heavy (non-hydrogen) atoms. The Labute approximate surface area is 158 Å². The highest BCUT2D eigenvalue weighted by atomic mass is 32.2. The largest absolute Gasteiger partial charge is 0.381 e. The number of nitrogens with one attached hydrogen (secondary N) is 1. The SMILES string of the molecule is C=C(C)CN=C(NCC1CCS(=O)(=O)C1)N1CCC(C2CCOCC2)C1. The summed E-state index contributed by atoms with van der Waals surface area (Å²) in [6, 6.07) is 0. The first-order valence-corrected chi connectivity index (χ1v) is 11.7. The molecule has 148 valence electrons. The molecule has 0 aromatic rings. The lowest BCUT2D eigenvalue weighted by Crippen LogP contribution is -2.43. The van der Waals surface area contributed by atoms with E-state index in [0.29, 0.717) is 30.5 Å². The Morgan fingerprint density at radius 3 is 2.65 bits per heavy atom. The normalized spacial score (nSPS) is 29.9. The second-order valence-corrected chi connectivity index (χ2v) is 10.4. The number of hydrogen-bond acceptors (Lipinski definition) is 4. The van der Waals surface area contributed by atoms with Crippen molar-refractivity contribution >= 4 is 15.8 Å². The Hall–Kier alpha value is -1.08. The van der Waals surface area contributed by atoms with Crippen LogP contribution in [0.15, 0.2) is 17.1 Å². The third-order valence-corrected chi connectivity index (χ3v) is 7.67. The monoisotopic (exact) mass is 383 g/mol. The molecule has 6 nitrogen and oxygen atoms in total. The van der Waals surface area contributed by atoms with Gasteiger partial charge >= 0.3 is 0 Å². The molecule has 1 N–H and O–H groups in total. The summed E-state index contributed by atoms with van der Waals surface area (Å²) >= 11 is 0. The first kappa shape index (κ1) is 19.7. The highest BCUT2D eigenvalue weighted by molar-refractivity contribution is 7.91. The molecule has 3 aliphatic rings. The van der Waals surface area contributed by atoms with E-state index in [1.54, 1.807) is 0 Å². The molecule has 3 saturated heterocycles. The average molecular weight is 384 g/mol. The van der Waals surface area contributed by atoms with Gasteiger partial charge in [0.1, 0.15) is 0 Å². The lowest BCUT2D eigenvalue weighted by Gasteiger charge is -2.28. The van der Waals surface area contributed by atoms with Crippen LogP contribution in [-0.4, -0.2) is 70.2 Å². The van der Waals surface area contributed by atoms with E-state index < -0.39 is 9.84 Å². The molecule has 2 atom stereocenters. The molecule has 0 spiro atoms. The van der Waals surface area contributed by atoms with Crippen LogP contribution in [0.4, 0.5) is 0 Å². The quantitative estimate of drug-likeness (QED) is 0.444. The molecule has 0 bridgehead atoms. The Bertz CT molecular complexity index is 626. The Morgan fingerprint density at radius 1 is 1.23 bits per heavy atom. The van der Waals surface area contributed by atoms with Crippen LogP contribution in [0.3, 0.4) is 0 Å². The fourth-order valence-electron chi connectivity index (χ4n) is 4.30. The maximum absolute atomic E-state index is 11.7. The minimum absolute atomic E-state index is 0.198. The maximum atomic E-state index is 11.7. The summed E-state index contributed by atoms with van der Waals surface area (Å²) in [6.07, 6.45) is 4.30. The Balaban J connectivity index is 1.57. The molecular formula is C19H33N3O3S. The highest BCUT2D eigenvalue weighted by Gasteiger charge is 2.33. The van der Waals surface area contributed by atoms with Gasteiger partial charge in [0.15, 0.2) is 15.8 Å². The minimum atomic E-state index is -2.83. The van der Waals surface area contributed by atoms with E-state index in [-0.39, 0.29) is 5.92 Å². The lowest BCUT2D eigenvalue weighted by atomic mass is 9.85. The van der Waals surface area contributed by atoms with Crippen molar-refractivity contribution in [1.82, 2.24) is 10.2 Å². The average Bonchev–Trinajstić information content (AvgIpc) is 3.22. The summed E-state index contributed by atoms with van der Waals surface area (Å²) in [5.74, 6) is 3.22. The first-order chi connectivity index (χ1) is 12.4. The van der Waals surface area contributed by atoms with Crippen LogP contribution in [0.2, 0.25) is 0 Å². The van der Waals surface area contributed by atoms with Crippen LogP contribution in [0.5, 0.6) is 0 Å². The van der Waals surface area contributed by atoms with E-state index >= 15 is 0 Å². The van der Waals surface area contributed by atoms with Gasteiger partial charge in [-0.05, 0) is 50.4 Å². The second-order valence-electron chi connectivity index (χ2n) is 8.19. The van der Waals surface area contributed by atoms with Crippen LogP contribution in [-0.2, 0) is 14.6 Å². The standard InChI is InChI=1S/C19H33N3O3S/c1-15(2)11-20-19(21-12-16-6-10-26(23,24)14-16)22-7-3-18(13-22)17-4-8-25-9-5-17/h16-18H,1,3-14H2,2H3,(H,20,21). The fraction of sp³-hybridized carbons (Fsp3) is 0.842. The number of guanidine groups is 1. The van der Waals surface area contributed by atoms with E-state index in [1.807, 2.05) is 6.92 Å². The van der Waals surface area contributed by atoms with Crippen LogP contribution in [0.25, 0.3) is 0 Å². The predicted octanol–water partition coefficient (Wildman–Crippen LogP) is 1.69. The van der Waals surface area contributed by atoms with E-state index in [0.717, 1.165) is 50.2 Å². The van der Waals surface area contributed by atoms with Gasteiger partial charge in [0, 0.05) is 32.8 Å². The second kappa shape index (κ2) is 8.74. The van der Waals surface area contributed by atoms with Gasteiger partial charge in [0.25, 0.3) is 0 Å². The van der Waals surface area contributed by atoms with Crippen LogP contribution >= 0.6 is 0 Å². The number of ether oxygens (including phenoxy) is 1. The Kier molecular flexibility index (Phi) is 6.61. The van der Waals surface area contributed by atoms with Crippen molar-refractivity contribution in [2.45, 2.75) is 32.6 Å². The van der Waals surface area contributed by atoms with Crippen LogP contribution in [0.1, 0.15) is 32.6 Å². The van der Waals surface area contributed by atoms with Gasteiger partial charge in [0.05, 0.1) is 18.1 Å². The van der Waals surface area contributed by atoms with Gasteiger partial charge in [-0.2, -0.15) is 0 Å². The van der Waals surface area contributed by atoms with Crippen LogP contribution in [0, 0.1) is 17.8 Å². The van der Waals surface area contributed by atoms with Crippen molar-refractivity contribution < 1.29 is 13.2 Å². The van der Waals surface area contributed by atoms with Gasteiger partial charge in [-0.15, -0.1) is 0 Å². The van der Waals surface area contributed by atoms with Crippen molar-refractivity contribution in [2.75, 3.05) is 50.9 Å². The summed E-state index contributed by atoms with van der Waals surface area (Å²) < 4.78 is 28.9.